The summed E-state index contributed by atoms with van der Waals surface area (Å²) in [5.74, 6) is 0.641. The van der Waals surface area contributed by atoms with Crippen LogP contribution in [0.1, 0.15) is 26.7 Å². The van der Waals surface area contributed by atoms with Gasteiger partial charge in [-0.05, 0) is 13.8 Å². The Morgan fingerprint density at radius 3 is 2.67 bits per heavy atom. The molecule has 0 unspecified atom stereocenters. The third-order valence-corrected chi connectivity index (χ3v) is 2.76. The quantitative estimate of drug-likeness (QED) is 0.642. The van der Waals surface area contributed by atoms with Gasteiger partial charge >= 0.3 is 0 Å². The number of guanidine groups is 1. The minimum absolute atomic E-state index is 0.0326. The molecule has 15 heavy (non-hydrogen) atoms. The predicted octanol–water partition coefficient (Wildman–Crippen LogP) is 0.0194. The zero-order chi connectivity index (χ0) is 10.9. The molecule has 0 saturated carbocycles. The van der Waals surface area contributed by atoms with Gasteiger partial charge in [0.25, 0.3) is 5.91 Å². The number of amides is 1. The Bertz CT molecular complexity index is 293. The minimum Gasteiger partial charge on any atom is -0.381 e. The molecule has 5 nitrogen and oxygen atoms in total. The van der Waals surface area contributed by atoms with Crippen molar-refractivity contribution in [2.24, 2.45) is 4.99 Å². The van der Waals surface area contributed by atoms with E-state index < -0.39 is 5.54 Å². The molecule has 2 saturated heterocycles. The lowest BCUT2D eigenvalue weighted by Gasteiger charge is -2.30. The highest BCUT2D eigenvalue weighted by atomic mass is 16.5. The summed E-state index contributed by atoms with van der Waals surface area (Å²) in [6, 6.07) is 0.183. The fourth-order valence-electron chi connectivity index (χ4n) is 1.94. The summed E-state index contributed by atoms with van der Waals surface area (Å²) < 4.78 is 5.26. The average Bonchev–Trinajstić information content (AvgIpc) is 2.43. The fourth-order valence-corrected chi connectivity index (χ4v) is 1.94. The standard InChI is InChI=1S/C10H17N3O2/c1-7(2)11-9-12-8(14)10(13-9)3-5-15-6-4-10/h7H,3-6H2,1-2H3,(H2,11,12,13,14). The SMILES string of the molecule is CC(C)N=C1NC(=O)C2(CCOCC2)N1. The fraction of sp³-hybridized carbons (Fsp3) is 0.800. The van der Waals surface area contributed by atoms with Crippen molar-refractivity contribution in [2.45, 2.75) is 38.3 Å². The van der Waals surface area contributed by atoms with Crippen LogP contribution in [0.25, 0.3) is 0 Å². The molecule has 2 aliphatic heterocycles. The largest absolute Gasteiger partial charge is 0.381 e. The van der Waals surface area contributed by atoms with Gasteiger partial charge in [-0.25, -0.2) is 0 Å². The lowest BCUT2D eigenvalue weighted by molar-refractivity contribution is -0.127. The average molecular weight is 211 g/mol. The molecule has 1 spiro atoms. The first-order chi connectivity index (χ1) is 7.12. The van der Waals surface area contributed by atoms with E-state index in [0.717, 1.165) is 12.8 Å². The molecule has 2 fully saturated rings. The number of hydrogen-bond donors (Lipinski definition) is 2. The Hall–Kier alpha value is -1.10. The first-order valence-electron chi connectivity index (χ1n) is 5.38. The number of nitrogens with one attached hydrogen (secondary N) is 2. The van der Waals surface area contributed by atoms with Crippen molar-refractivity contribution in [3.8, 4) is 0 Å². The number of carbonyl (C=O) groups excluding carboxylic acids is 1. The highest BCUT2D eigenvalue weighted by Crippen LogP contribution is 2.23. The maximum atomic E-state index is 11.8. The van der Waals surface area contributed by atoms with E-state index in [1.165, 1.54) is 0 Å². The van der Waals surface area contributed by atoms with Crippen LogP contribution in [0.15, 0.2) is 4.99 Å². The first-order valence-corrected chi connectivity index (χ1v) is 5.38. The van der Waals surface area contributed by atoms with E-state index in [0.29, 0.717) is 19.2 Å². The summed E-state index contributed by atoms with van der Waals surface area (Å²) in [7, 11) is 0. The van der Waals surface area contributed by atoms with Gasteiger partial charge in [0.2, 0.25) is 0 Å². The summed E-state index contributed by atoms with van der Waals surface area (Å²) in [5, 5.41) is 5.99. The van der Waals surface area contributed by atoms with Crippen LogP contribution in [0.5, 0.6) is 0 Å². The summed E-state index contributed by atoms with van der Waals surface area (Å²) in [6.07, 6.45) is 1.44. The summed E-state index contributed by atoms with van der Waals surface area (Å²) >= 11 is 0. The van der Waals surface area contributed by atoms with E-state index in [1.54, 1.807) is 0 Å². The minimum atomic E-state index is -0.466. The number of rotatable bonds is 1. The monoisotopic (exact) mass is 211 g/mol. The van der Waals surface area contributed by atoms with Gasteiger partial charge in [-0.3, -0.25) is 15.1 Å². The maximum absolute atomic E-state index is 11.8. The van der Waals surface area contributed by atoms with Crippen LogP contribution in [0, 0.1) is 0 Å². The van der Waals surface area contributed by atoms with Crippen molar-refractivity contribution in [3.05, 3.63) is 0 Å². The van der Waals surface area contributed by atoms with Crippen molar-refractivity contribution in [1.82, 2.24) is 10.6 Å². The maximum Gasteiger partial charge on any atom is 0.252 e. The van der Waals surface area contributed by atoms with E-state index in [2.05, 4.69) is 15.6 Å². The smallest absolute Gasteiger partial charge is 0.252 e. The van der Waals surface area contributed by atoms with Gasteiger partial charge in [-0.1, -0.05) is 0 Å². The van der Waals surface area contributed by atoms with Crippen molar-refractivity contribution in [3.63, 3.8) is 0 Å². The zero-order valence-electron chi connectivity index (χ0n) is 9.17. The molecule has 84 valence electrons. The van der Waals surface area contributed by atoms with Crippen molar-refractivity contribution < 1.29 is 9.53 Å². The van der Waals surface area contributed by atoms with E-state index >= 15 is 0 Å². The van der Waals surface area contributed by atoms with Gasteiger partial charge in [-0.2, -0.15) is 0 Å². The van der Waals surface area contributed by atoms with Gasteiger partial charge in [0.1, 0.15) is 5.54 Å². The Labute approximate surface area is 89.3 Å². The van der Waals surface area contributed by atoms with Crippen LogP contribution in [0.4, 0.5) is 0 Å². The lowest BCUT2D eigenvalue weighted by Crippen LogP contribution is -2.50. The zero-order valence-corrected chi connectivity index (χ0v) is 9.17. The first kappa shape index (κ1) is 10.4. The lowest BCUT2D eigenvalue weighted by atomic mass is 9.90. The third-order valence-electron chi connectivity index (χ3n) is 2.76. The van der Waals surface area contributed by atoms with Crippen LogP contribution >= 0.6 is 0 Å². The van der Waals surface area contributed by atoms with Gasteiger partial charge in [0.05, 0.1) is 0 Å². The van der Waals surface area contributed by atoms with Crippen LogP contribution in [-0.4, -0.2) is 36.7 Å². The topological polar surface area (TPSA) is 62.7 Å². The summed E-state index contributed by atoms with van der Waals surface area (Å²) in [6.45, 7) is 5.23. The van der Waals surface area contributed by atoms with E-state index in [4.69, 9.17) is 4.74 Å². The molecular formula is C10H17N3O2. The van der Waals surface area contributed by atoms with Crippen molar-refractivity contribution in [2.75, 3.05) is 13.2 Å². The second kappa shape index (κ2) is 3.81. The molecule has 2 heterocycles. The normalized spacial score (nSPS) is 27.1. The number of aliphatic imine (C=N–C) groups is 1. The predicted molar refractivity (Wildman–Crippen MR) is 56.6 cm³/mol. The van der Waals surface area contributed by atoms with Crippen LogP contribution in [-0.2, 0) is 9.53 Å². The second-order valence-electron chi connectivity index (χ2n) is 4.35. The van der Waals surface area contributed by atoms with Gasteiger partial charge in [0, 0.05) is 32.1 Å². The molecule has 2 N–H and O–H groups in total. The molecule has 2 rings (SSSR count). The number of ether oxygens (including phenoxy) is 1. The van der Waals surface area contributed by atoms with E-state index in [-0.39, 0.29) is 11.9 Å². The number of carbonyl (C=O) groups is 1. The molecular weight excluding hydrogens is 194 g/mol. The van der Waals surface area contributed by atoms with Crippen LogP contribution < -0.4 is 10.6 Å². The molecule has 1 amide bonds. The van der Waals surface area contributed by atoms with E-state index in [9.17, 15) is 4.79 Å². The Balaban J connectivity index is 2.12. The highest BCUT2D eigenvalue weighted by Gasteiger charge is 2.45. The molecule has 2 aliphatic rings. The van der Waals surface area contributed by atoms with Gasteiger partial charge < -0.3 is 10.1 Å². The molecule has 0 atom stereocenters. The van der Waals surface area contributed by atoms with Gasteiger partial charge in [0.15, 0.2) is 5.96 Å². The molecule has 0 radical (unpaired) electrons. The molecule has 5 heteroatoms. The van der Waals surface area contributed by atoms with Crippen molar-refractivity contribution >= 4 is 11.9 Å². The van der Waals surface area contributed by atoms with E-state index in [1.807, 2.05) is 13.8 Å². The molecule has 0 aliphatic carbocycles. The van der Waals surface area contributed by atoms with Gasteiger partial charge in [-0.15, -0.1) is 0 Å². The molecule has 0 aromatic heterocycles. The molecule has 0 aromatic carbocycles. The van der Waals surface area contributed by atoms with Crippen molar-refractivity contribution in [1.29, 1.82) is 0 Å². The molecule has 0 aromatic rings. The second-order valence-corrected chi connectivity index (χ2v) is 4.35. The molecule has 0 bridgehead atoms. The Morgan fingerprint density at radius 2 is 2.07 bits per heavy atom. The summed E-state index contributed by atoms with van der Waals surface area (Å²) in [4.78, 5) is 16.1. The Morgan fingerprint density at radius 1 is 1.40 bits per heavy atom. The van der Waals surface area contributed by atoms with Crippen LogP contribution in [0.3, 0.4) is 0 Å². The third kappa shape index (κ3) is 1.97. The Kier molecular flexibility index (Phi) is 2.65. The van der Waals surface area contributed by atoms with Crippen LogP contribution in [0.2, 0.25) is 0 Å². The highest BCUT2D eigenvalue weighted by molar-refractivity contribution is 6.09. The summed E-state index contributed by atoms with van der Waals surface area (Å²) in [5.41, 5.74) is -0.466. The number of hydrogen-bond acceptors (Lipinski definition) is 3. The number of nitrogens with zero attached hydrogens (tertiary/aromatic N) is 1.